The van der Waals surface area contributed by atoms with Crippen LogP contribution in [-0.4, -0.2) is 65.1 Å². The highest BCUT2D eigenvalue weighted by atomic mass is 16.2. The molecule has 4 heterocycles. The quantitative estimate of drug-likeness (QED) is 0.520. The number of piperidine rings is 1. The lowest BCUT2D eigenvalue weighted by Gasteiger charge is -2.38. The van der Waals surface area contributed by atoms with Crippen molar-refractivity contribution in [3.63, 3.8) is 0 Å². The van der Waals surface area contributed by atoms with Gasteiger partial charge in [-0.3, -0.25) is 19.1 Å². The summed E-state index contributed by atoms with van der Waals surface area (Å²) in [5.41, 5.74) is 6.03. The molecule has 0 spiro atoms. The predicted molar refractivity (Wildman–Crippen MR) is 154 cm³/mol. The molecule has 38 heavy (non-hydrogen) atoms. The lowest BCUT2D eigenvalue weighted by atomic mass is 9.85. The van der Waals surface area contributed by atoms with Gasteiger partial charge in [-0.15, -0.1) is 0 Å². The maximum absolute atomic E-state index is 12.8. The minimum absolute atomic E-state index is 0.0392. The van der Waals surface area contributed by atoms with Crippen LogP contribution in [0, 0.1) is 0 Å². The van der Waals surface area contributed by atoms with Gasteiger partial charge < -0.3 is 20.1 Å². The van der Waals surface area contributed by atoms with Crippen LogP contribution in [0.25, 0.3) is 5.70 Å². The Morgan fingerprint density at radius 3 is 2.58 bits per heavy atom. The Hall–Kier alpha value is -3.78. The summed E-state index contributed by atoms with van der Waals surface area (Å²) >= 11 is 0. The van der Waals surface area contributed by atoms with E-state index in [1.807, 2.05) is 31.4 Å². The van der Waals surface area contributed by atoms with Crippen LogP contribution in [-0.2, 0) is 13.6 Å². The molecule has 5 rings (SSSR count). The second kappa shape index (κ2) is 10.5. The van der Waals surface area contributed by atoms with E-state index in [9.17, 15) is 9.59 Å². The first-order chi connectivity index (χ1) is 18.3. The van der Waals surface area contributed by atoms with Gasteiger partial charge in [0.2, 0.25) is 0 Å². The Morgan fingerprint density at radius 1 is 1.16 bits per heavy atom. The van der Waals surface area contributed by atoms with Gasteiger partial charge in [0, 0.05) is 82.1 Å². The number of amides is 1. The van der Waals surface area contributed by atoms with E-state index in [-0.39, 0.29) is 11.5 Å². The van der Waals surface area contributed by atoms with Gasteiger partial charge in [-0.2, -0.15) is 0 Å². The third kappa shape index (κ3) is 4.88. The molecule has 0 saturated carbocycles. The van der Waals surface area contributed by atoms with Crippen molar-refractivity contribution in [1.82, 2.24) is 18.9 Å². The number of fused-ring (bicyclic) bond motifs is 1. The Labute approximate surface area is 224 Å². The number of likely N-dealkylation sites (tertiary alicyclic amines) is 1. The number of nitrogens with one attached hydrogen (secondary N) is 2. The number of benzene rings is 1. The number of nitrogens with zero attached hydrogens (tertiary/aromatic N) is 4. The molecule has 200 valence electrons. The summed E-state index contributed by atoms with van der Waals surface area (Å²) in [5, 5.41) is 6.54. The zero-order valence-corrected chi connectivity index (χ0v) is 23.0. The minimum atomic E-state index is -0.0452. The van der Waals surface area contributed by atoms with Crippen LogP contribution in [0.15, 0.2) is 59.5 Å². The van der Waals surface area contributed by atoms with E-state index in [2.05, 4.69) is 58.3 Å². The SMILES string of the molecule is CNc1ccn(C2=CCNc3c2cc(CN2CC[C@H](c4ccc(C(=O)N(C)C)cc4)CC2C)n3C)c(=O)c1. The maximum atomic E-state index is 12.8. The molecule has 8 heteroatoms. The van der Waals surface area contributed by atoms with E-state index >= 15 is 0 Å². The van der Waals surface area contributed by atoms with Crippen molar-refractivity contribution in [2.45, 2.75) is 38.3 Å². The van der Waals surface area contributed by atoms with Gasteiger partial charge in [0.25, 0.3) is 11.5 Å². The van der Waals surface area contributed by atoms with Crippen molar-refractivity contribution in [2.75, 3.05) is 44.9 Å². The summed E-state index contributed by atoms with van der Waals surface area (Å²) in [5.74, 6) is 1.59. The molecule has 1 fully saturated rings. The van der Waals surface area contributed by atoms with E-state index in [0.717, 1.165) is 54.3 Å². The summed E-state index contributed by atoms with van der Waals surface area (Å²) in [6, 6.07) is 14.4. The highest BCUT2D eigenvalue weighted by molar-refractivity contribution is 5.93. The highest BCUT2D eigenvalue weighted by Gasteiger charge is 2.28. The molecule has 2 atom stereocenters. The molecule has 0 radical (unpaired) electrons. The van der Waals surface area contributed by atoms with E-state index in [1.165, 1.54) is 11.3 Å². The summed E-state index contributed by atoms with van der Waals surface area (Å²) in [7, 11) is 7.49. The molecule has 0 bridgehead atoms. The molecule has 2 N–H and O–H groups in total. The second-order valence-electron chi connectivity index (χ2n) is 10.7. The normalized spacial score (nSPS) is 19.3. The summed E-state index contributed by atoms with van der Waals surface area (Å²) in [6.45, 7) is 4.86. The topological polar surface area (TPSA) is 74.5 Å². The first-order valence-corrected chi connectivity index (χ1v) is 13.4. The Kier molecular flexibility index (Phi) is 7.17. The molecular formula is C30H38N6O2. The van der Waals surface area contributed by atoms with Gasteiger partial charge in [-0.05, 0) is 68.1 Å². The molecule has 2 aliphatic heterocycles. The zero-order chi connectivity index (χ0) is 27.0. The van der Waals surface area contributed by atoms with Crippen molar-refractivity contribution in [1.29, 1.82) is 0 Å². The monoisotopic (exact) mass is 514 g/mol. The molecule has 1 unspecified atom stereocenters. The van der Waals surface area contributed by atoms with Gasteiger partial charge in [0.05, 0.1) is 5.70 Å². The van der Waals surface area contributed by atoms with E-state index < -0.39 is 0 Å². The van der Waals surface area contributed by atoms with Crippen LogP contribution in [0.4, 0.5) is 11.5 Å². The lowest BCUT2D eigenvalue weighted by molar-refractivity contribution is 0.0827. The smallest absolute Gasteiger partial charge is 0.257 e. The van der Waals surface area contributed by atoms with Gasteiger partial charge in [0.1, 0.15) is 5.82 Å². The molecule has 2 aliphatic rings. The Bertz CT molecular complexity index is 1420. The minimum Gasteiger partial charge on any atom is -0.388 e. The van der Waals surface area contributed by atoms with E-state index in [1.54, 1.807) is 29.6 Å². The van der Waals surface area contributed by atoms with Crippen LogP contribution in [0.3, 0.4) is 0 Å². The molecule has 3 aromatic rings. The fourth-order valence-corrected chi connectivity index (χ4v) is 5.76. The van der Waals surface area contributed by atoms with Gasteiger partial charge >= 0.3 is 0 Å². The zero-order valence-electron chi connectivity index (χ0n) is 23.0. The third-order valence-electron chi connectivity index (χ3n) is 8.06. The van der Waals surface area contributed by atoms with Crippen molar-refractivity contribution in [3.8, 4) is 0 Å². The maximum Gasteiger partial charge on any atom is 0.257 e. The average molecular weight is 515 g/mol. The second-order valence-corrected chi connectivity index (χ2v) is 10.7. The van der Waals surface area contributed by atoms with Gasteiger partial charge in [0.15, 0.2) is 0 Å². The van der Waals surface area contributed by atoms with Gasteiger partial charge in [-0.25, -0.2) is 0 Å². The number of anilines is 2. The first-order valence-electron chi connectivity index (χ1n) is 13.4. The highest BCUT2D eigenvalue weighted by Crippen LogP contribution is 2.35. The summed E-state index contributed by atoms with van der Waals surface area (Å²) < 4.78 is 3.96. The molecule has 2 aromatic heterocycles. The number of hydrogen-bond acceptors (Lipinski definition) is 5. The van der Waals surface area contributed by atoms with Crippen molar-refractivity contribution < 1.29 is 4.79 Å². The number of pyridine rings is 1. The predicted octanol–water partition coefficient (Wildman–Crippen LogP) is 4.01. The largest absolute Gasteiger partial charge is 0.388 e. The van der Waals surface area contributed by atoms with Crippen molar-refractivity contribution in [2.24, 2.45) is 7.05 Å². The van der Waals surface area contributed by atoms with E-state index in [0.29, 0.717) is 18.5 Å². The number of hydrogen-bond donors (Lipinski definition) is 2. The molecule has 1 aromatic carbocycles. The van der Waals surface area contributed by atoms with Crippen LogP contribution in [0.2, 0.25) is 0 Å². The number of aromatic nitrogens is 2. The molecule has 1 saturated heterocycles. The van der Waals surface area contributed by atoms with Crippen LogP contribution >= 0.6 is 0 Å². The van der Waals surface area contributed by atoms with Crippen molar-refractivity contribution in [3.05, 3.63) is 87.5 Å². The standard InChI is InChI=1S/C30H38N6O2/c1-20-16-23(21-6-8-22(9-7-21)30(38)33(3)4)11-14-35(20)19-25-18-26-27(10-13-32-29(26)34(25)5)36-15-12-24(31-2)17-28(36)37/h6-10,12,15,17-18,20,23,31-32H,11,13-14,16,19H2,1-5H3/t20?,23-/m0/s1. The van der Waals surface area contributed by atoms with E-state index in [4.69, 9.17) is 0 Å². The van der Waals surface area contributed by atoms with Crippen LogP contribution in [0.5, 0.6) is 0 Å². The summed E-state index contributed by atoms with van der Waals surface area (Å²) in [4.78, 5) is 29.2. The lowest BCUT2D eigenvalue weighted by Crippen LogP contribution is -2.40. The molecule has 1 amide bonds. The summed E-state index contributed by atoms with van der Waals surface area (Å²) in [6.07, 6.45) is 6.10. The molecular weight excluding hydrogens is 476 g/mol. The number of rotatable bonds is 6. The fourth-order valence-electron chi connectivity index (χ4n) is 5.76. The Morgan fingerprint density at radius 2 is 1.92 bits per heavy atom. The van der Waals surface area contributed by atoms with Crippen LogP contribution in [0.1, 0.15) is 52.9 Å². The van der Waals surface area contributed by atoms with Crippen LogP contribution < -0.4 is 16.2 Å². The fraction of sp³-hybridized carbons (Fsp3) is 0.400. The average Bonchev–Trinajstić information content (AvgIpc) is 3.24. The van der Waals surface area contributed by atoms with Gasteiger partial charge in [-0.1, -0.05) is 12.1 Å². The number of carbonyl (C=O) groups is 1. The molecule has 0 aliphatic carbocycles. The number of carbonyl (C=O) groups excluding carboxylic acids is 1. The Balaban J connectivity index is 1.30. The van der Waals surface area contributed by atoms with Crippen molar-refractivity contribution >= 4 is 23.1 Å². The first kappa shape index (κ1) is 25.9. The third-order valence-corrected chi connectivity index (χ3v) is 8.06. The molecule has 8 nitrogen and oxygen atoms in total.